The van der Waals surface area contributed by atoms with Crippen molar-refractivity contribution in [3.8, 4) is 11.4 Å². The zero-order chi connectivity index (χ0) is 20.7. The van der Waals surface area contributed by atoms with Gasteiger partial charge in [0.05, 0.1) is 12.1 Å². The van der Waals surface area contributed by atoms with Gasteiger partial charge in [-0.15, -0.1) is 5.10 Å². The first-order valence-electron chi connectivity index (χ1n) is 9.50. The monoisotopic (exact) mass is 396 g/mol. The first kappa shape index (κ1) is 18.0. The van der Waals surface area contributed by atoms with Gasteiger partial charge < -0.3 is 0 Å². The van der Waals surface area contributed by atoms with Crippen LogP contribution in [0.1, 0.15) is 11.1 Å². The Morgan fingerprint density at radius 3 is 2.57 bits per heavy atom. The Balaban J connectivity index is 1.73. The van der Waals surface area contributed by atoms with Crippen molar-refractivity contribution in [2.75, 3.05) is 0 Å². The molecule has 0 saturated heterocycles. The zero-order valence-corrected chi connectivity index (χ0v) is 16.0. The quantitative estimate of drug-likeness (QED) is 0.448. The number of aromatic nitrogens is 4. The van der Waals surface area contributed by atoms with E-state index in [1.54, 1.807) is 22.8 Å². The second kappa shape index (κ2) is 7.08. The minimum Gasteiger partial charge on any atom is -0.287 e. The second-order valence-electron chi connectivity index (χ2n) is 7.01. The van der Waals surface area contributed by atoms with Gasteiger partial charge in [0, 0.05) is 10.9 Å². The molecule has 0 atom stereocenters. The summed E-state index contributed by atoms with van der Waals surface area (Å²) in [6.07, 6.45) is 1.78. The SMILES string of the molecule is C=Cc1ccc(Cn2c(=O)n3nc(-c4cccc(F)c4)nc3c3ccccc32)cc1. The van der Waals surface area contributed by atoms with Crippen molar-refractivity contribution in [2.24, 2.45) is 0 Å². The van der Waals surface area contributed by atoms with E-state index >= 15 is 0 Å². The minimum absolute atomic E-state index is 0.299. The number of rotatable bonds is 4. The van der Waals surface area contributed by atoms with Crippen LogP contribution in [0.2, 0.25) is 0 Å². The van der Waals surface area contributed by atoms with E-state index in [0.29, 0.717) is 23.6 Å². The highest BCUT2D eigenvalue weighted by atomic mass is 19.1. The molecule has 0 N–H and O–H groups in total. The summed E-state index contributed by atoms with van der Waals surface area (Å²) in [4.78, 5) is 17.9. The van der Waals surface area contributed by atoms with E-state index in [0.717, 1.165) is 22.0 Å². The van der Waals surface area contributed by atoms with Crippen molar-refractivity contribution in [1.82, 2.24) is 19.2 Å². The van der Waals surface area contributed by atoms with E-state index in [2.05, 4.69) is 16.7 Å². The lowest BCUT2D eigenvalue weighted by atomic mass is 10.1. The molecule has 5 aromatic rings. The maximum atomic E-state index is 13.7. The number of benzene rings is 3. The van der Waals surface area contributed by atoms with E-state index in [4.69, 9.17) is 0 Å². The highest BCUT2D eigenvalue weighted by molar-refractivity contribution is 5.91. The van der Waals surface area contributed by atoms with Gasteiger partial charge in [0.25, 0.3) is 0 Å². The van der Waals surface area contributed by atoms with E-state index in [1.165, 1.54) is 16.6 Å². The molecule has 0 unspecified atom stereocenters. The number of hydrogen-bond acceptors (Lipinski definition) is 3. The van der Waals surface area contributed by atoms with Crippen molar-refractivity contribution < 1.29 is 4.39 Å². The van der Waals surface area contributed by atoms with Crippen LogP contribution >= 0.6 is 0 Å². The van der Waals surface area contributed by atoms with Gasteiger partial charge in [0.1, 0.15) is 5.82 Å². The van der Waals surface area contributed by atoms with Crippen LogP contribution in [0.15, 0.2) is 84.2 Å². The van der Waals surface area contributed by atoms with Crippen LogP contribution in [-0.4, -0.2) is 19.2 Å². The van der Waals surface area contributed by atoms with Crippen molar-refractivity contribution in [3.05, 3.63) is 107 Å². The second-order valence-corrected chi connectivity index (χ2v) is 7.01. The summed E-state index contributed by atoms with van der Waals surface area (Å²) in [6, 6.07) is 21.5. The highest BCUT2D eigenvalue weighted by Crippen LogP contribution is 2.22. The summed E-state index contributed by atoms with van der Waals surface area (Å²) in [5, 5.41) is 5.20. The Hall–Kier alpha value is -4.06. The smallest absolute Gasteiger partial charge is 0.287 e. The fraction of sp³-hybridized carbons (Fsp3) is 0.0417. The first-order valence-corrected chi connectivity index (χ1v) is 9.50. The first-order chi connectivity index (χ1) is 14.6. The molecule has 5 rings (SSSR count). The fourth-order valence-electron chi connectivity index (χ4n) is 3.58. The van der Waals surface area contributed by atoms with Crippen molar-refractivity contribution >= 4 is 22.6 Å². The minimum atomic E-state index is -0.378. The molecule has 30 heavy (non-hydrogen) atoms. The molecule has 2 aromatic heterocycles. The normalized spacial score (nSPS) is 11.2. The Labute approximate surface area is 171 Å². The Morgan fingerprint density at radius 2 is 1.80 bits per heavy atom. The molecule has 5 nitrogen and oxygen atoms in total. The molecule has 0 spiro atoms. The van der Waals surface area contributed by atoms with Crippen LogP contribution in [-0.2, 0) is 6.54 Å². The van der Waals surface area contributed by atoms with E-state index in [-0.39, 0.29) is 11.5 Å². The third-order valence-electron chi connectivity index (χ3n) is 5.09. The van der Waals surface area contributed by atoms with Crippen LogP contribution < -0.4 is 5.69 Å². The number of fused-ring (bicyclic) bond motifs is 3. The molecule has 0 saturated carbocycles. The van der Waals surface area contributed by atoms with Crippen LogP contribution in [0.5, 0.6) is 0 Å². The van der Waals surface area contributed by atoms with Crippen LogP contribution in [0.3, 0.4) is 0 Å². The molecule has 6 heteroatoms. The molecule has 0 radical (unpaired) electrons. The van der Waals surface area contributed by atoms with E-state index < -0.39 is 0 Å². The molecular formula is C24H17FN4O. The summed E-state index contributed by atoms with van der Waals surface area (Å²) in [5.74, 6) is -0.0681. The maximum absolute atomic E-state index is 13.7. The molecule has 146 valence electrons. The van der Waals surface area contributed by atoms with Crippen LogP contribution in [0.25, 0.3) is 34.0 Å². The molecule has 0 fully saturated rings. The predicted molar refractivity (Wildman–Crippen MR) is 116 cm³/mol. The summed E-state index contributed by atoms with van der Waals surface area (Å²) >= 11 is 0. The molecule has 0 aliphatic carbocycles. The van der Waals surface area contributed by atoms with Gasteiger partial charge in [-0.2, -0.15) is 4.52 Å². The van der Waals surface area contributed by atoms with E-state index in [1.807, 2.05) is 48.5 Å². The van der Waals surface area contributed by atoms with Gasteiger partial charge in [0.2, 0.25) is 0 Å². The Bertz CT molecular complexity index is 1460. The number of para-hydroxylation sites is 1. The van der Waals surface area contributed by atoms with E-state index in [9.17, 15) is 9.18 Å². The average molecular weight is 396 g/mol. The Kier molecular flexibility index (Phi) is 4.25. The summed E-state index contributed by atoms with van der Waals surface area (Å²) in [7, 11) is 0. The lowest BCUT2D eigenvalue weighted by Gasteiger charge is -2.11. The molecule has 3 aromatic carbocycles. The molecular weight excluding hydrogens is 379 g/mol. The number of nitrogens with zero attached hydrogens (tertiary/aromatic N) is 4. The van der Waals surface area contributed by atoms with Crippen LogP contribution in [0.4, 0.5) is 4.39 Å². The fourth-order valence-corrected chi connectivity index (χ4v) is 3.58. The van der Waals surface area contributed by atoms with Gasteiger partial charge >= 0.3 is 5.69 Å². The van der Waals surface area contributed by atoms with Gasteiger partial charge in [-0.1, -0.05) is 61.2 Å². The van der Waals surface area contributed by atoms with Gasteiger partial charge in [-0.3, -0.25) is 4.57 Å². The average Bonchev–Trinajstić information content (AvgIpc) is 3.23. The third kappa shape index (κ3) is 2.99. The zero-order valence-electron chi connectivity index (χ0n) is 16.0. The molecule has 0 amide bonds. The number of halogens is 1. The van der Waals surface area contributed by atoms with Crippen LogP contribution in [0, 0.1) is 5.82 Å². The number of hydrogen-bond donors (Lipinski definition) is 0. The summed E-state index contributed by atoms with van der Waals surface area (Å²) in [6.45, 7) is 4.16. The largest absolute Gasteiger partial charge is 0.351 e. The lowest BCUT2D eigenvalue weighted by molar-refractivity contribution is 0.628. The maximum Gasteiger partial charge on any atom is 0.351 e. The Morgan fingerprint density at radius 1 is 1.00 bits per heavy atom. The lowest BCUT2D eigenvalue weighted by Crippen LogP contribution is -2.28. The highest BCUT2D eigenvalue weighted by Gasteiger charge is 2.16. The van der Waals surface area contributed by atoms with Gasteiger partial charge in [-0.25, -0.2) is 14.2 Å². The molecule has 2 heterocycles. The standard InChI is InChI=1S/C24H17FN4O/c1-2-16-10-12-17(13-11-16)15-28-21-9-4-3-8-20(21)23-26-22(27-29(23)24(28)30)18-6-5-7-19(25)14-18/h2-14H,1,15H2. The molecule has 0 bridgehead atoms. The molecule has 0 aliphatic rings. The van der Waals surface area contributed by atoms with Gasteiger partial charge in [0.15, 0.2) is 11.5 Å². The predicted octanol–water partition coefficient (Wildman–Crippen LogP) is 4.54. The van der Waals surface area contributed by atoms with Crippen molar-refractivity contribution in [2.45, 2.75) is 6.54 Å². The van der Waals surface area contributed by atoms with Gasteiger partial charge in [-0.05, 0) is 35.4 Å². The van der Waals surface area contributed by atoms with Crippen molar-refractivity contribution in [3.63, 3.8) is 0 Å². The molecule has 0 aliphatic heterocycles. The summed E-state index contributed by atoms with van der Waals surface area (Å²) < 4.78 is 16.6. The van der Waals surface area contributed by atoms with Crippen molar-refractivity contribution in [1.29, 1.82) is 0 Å². The summed E-state index contributed by atoms with van der Waals surface area (Å²) in [5.41, 5.74) is 3.44. The third-order valence-corrected chi connectivity index (χ3v) is 5.09. The topological polar surface area (TPSA) is 52.2 Å².